The lowest BCUT2D eigenvalue weighted by molar-refractivity contribution is 0.203. The van der Waals surface area contributed by atoms with Crippen LogP contribution in [-0.2, 0) is 6.42 Å². The van der Waals surface area contributed by atoms with Gasteiger partial charge in [-0.3, -0.25) is 9.69 Å². The molecule has 0 saturated carbocycles. The average molecular weight is 461 g/mol. The topological polar surface area (TPSA) is 115 Å². The van der Waals surface area contributed by atoms with Crippen molar-refractivity contribution in [2.75, 3.05) is 11.9 Å². The van der Waals surface area contributed by atoms with Gasteiger partial charge in [-0.05, 0) is 35.4 Å². The highest BCUT2D eigenvalue weighted by atomic mass is 19.1. The van der Waals surface area contributed by atoms with E-state index < -0.39 is 17.7 Å². The standard InChI is InChI=1S/C24H17F2N5O3/c1-31(24(33)34)23-27-19-7-6-12(9-21(19)28-23)16-8-13(17(25)11-18(16)26)10-20-14-4-2-3-5-15(14)22(32)30-29-20/h2-9,11H,10H2,1H3,(H,27,28)(H,30,32)(H,33,34). The van der Waals surface area contributed by atoms with Gasteiger partial charge in [-0.1, -0.05) is 24.3 Å². The zero-order chi connectivity index (χ0) is 24.0. The third-order valence-corrected chi connectivity index (χ3v) is 5.66. The highest BCUT2D eigenvalue weighted by Gasteiger charge is 2.17. The summed E-state index contributed by atoms with van der Waals surface area (Å²) in [7, 11) is 1.35. The SMILES string of the molecule is CN(C(=O)O)c1nc2cc(-c3cc(Cc4n[nH]c(=O)c5ccccc45)c(F)cc3F)ccc2[nH]1. The Labute approximate surface area is 190 Å². The number of nitrogens with one attached hydrogen (secondary N) is 2. The van der Waals surface area contributed by atoms with Gasteiger partial charge < -0.3 is 10.1 Å². The third-order valence-electron chi connectivity index (χ3n) is 5.66. The zero-order valence-corrected chi connectivity index (χ0v) is 17.8. The Bertz CT molecular complexity index is 1640. The van der Waals surface area contributed by atoms with Crippen molar-refractivity contribution in [3.05, 3.63) is 87.8 Å². The summed E-state index contributed by atoms with van der Waals surface area (Å²) in [4.78, 5) is 31.3. The lowest BCUT2D eigenvalue weighted by Crippen LogP contribution is -2.24. The van der Waals surface area contributed by atoms with Crippen molar-refractivity contribution < 1.29 is 18.7 Å². The van der Waals surface area contributed by atoms with E-state index in [1.54, 1.807) is 42.5 Å². The smallest absolute Gasteiger partial charge is 0.413 e. The molecule has 5 rings (SSSR count). The predicted molar refractivity (Wildman–Crippen MR) is 123 cm³/mol. The van der Waals surface area contributed by atoms with Crippen LogP contribution >= 0.6 is 0 Å². The molecule has 1 amide bonds. The van der Waals surface area contributed by atoms with Gasteiger partial charge >= 0.3 is 6.09 Å². The molecule has 5 aromatic rings. The van der Waals surface area contributed by atoms with Crippen LogP contribution in [0.2, 0.25) is 0 Å². The third kappa shape index (κ3) is 3.64. The van der Waals surface area contributed by atoms with Crippen LogP contribution in [0.4, 0.5) is 19.5 Å². The number of imidazole rings is 1. The van der Waals surface area contributed by atoms with Crippen molar-refractivity contribution in [1.29, 1.82) is 0 Å². The second-order valence-corrected chi connectivity index (χ2v) is 7.78. The van der Waals surface area contributed by atoms with Gasteiger partial charge in [0.1, 0.15) is 11.6 Å². The van der Waals surface area contributed by atoms with Crippen molar-refractivity contribution in [3.8, 4) is 11.1 Å². The normalized spacial score (nSPS) is 11.3. The fourth-order valence-electron chi connectivity index (χ4n) is 3.85. The van der Waals surface area contributed by atoms with E-state index >= 15 is 0 Å². The van der Waals surface area contributed by atoms with E-state index in [1.165, 1.54) is 13.1 Å². The Morgan fingerprint density at radius 2 is 1.82 bits per heavy atom. The van der Waals surface area contributed by atoms with E-state index in [2.05, 4.69) is 20.2 Å². The first kappa shape index (κ1) is 21.3. The molecule has 0 atom stereocenters. The van der Waals surface area contributed by atoms with Gasteiger partial charge in [0.15, 0.2) is 0 Å². The number of aromatic amines is 2. The van der Waals surface area contributed by atoms with Crippen LogP contribution < -0.4 is 10.5 Å². The summed E-state index contributed by atoms with van der Waals surface area (Å²) in [5.41, 5.74) is 1.91. The molecule has 34 heavy (non-hydrogen) atoms. The minimum atomic E-state index is -1.18. The summed E-state index contributed by atoms with van der Waals surface area (Å²) in [6.07, 6.45) is -1.15. The monoisotopic (exact) mass is 461 g/mol. The summed E-state index contributed by atoms with van der Waals surface area (Å²) in [6, 6.07) is 14.0. The molecule has 0 aliphatic carbocycles. The number of hydrogen-bond acceptors (Lipinski definition) is 4. The van der Waals surface area contributed by atoms with Gasteiger partial charge in [-0.2, -0.15) is 5.10 Å². The number of carboxylic acid groups (broad SMARTS) is 1. The number of aromatic nitrogens is 4. The molecule has 0 radical (unpaired) electrons. The first-order valence-corrected chi connectivity index (χ1v) is 10.2. The fraction of sp³-hybridized carbons (Fsp3) is 0.0833. The molecule has 0 bridgehead atoms. The van der Waals surface area contributed by atoms with Gasteiger partial charge in [-0.15, -0.1) is 0 Å². The zero-order valence-electron chi connectivity index (χ0n) is 17.8. The number of anilines is 1. The van der Waals surface area contributed by atoms with E-state index in [0.717, 1.165) is 11.0 Å². The molecule has 3 aromatic carbocycles. The van der Waals surface area contributed by atoms with E-state index in [4.69, 9.17) is 5.11 Å². The Hall–Kier alpha value is -4.60. The van der Waals surface area contributed by atoms with E-state index in [-0.39, 0.29) is 29.1 Å². The number of rotatable bonds is 4. The lowest BCUT2D eigenvalue weighted by atomic mass is 9.98. The quantitative estimate of drug-likeness (QED) is 0.366. The van der Waals surface area contributed by atoms with Crippen molar-refractivity contribution in [2.24, 2.45) is 0 Å². The van der Waals surface area contributed by atoms with Gasteiger partial charge in [0, 0.05) is 30.5 Å². The van der Waals surface area contributed by atoms with Crippen LogP contribution in [-0.4, -0.2) is 38.4 Å². The first-order valence-electron chi connectivity index (χ1n) is 10.2. The van der Waals surface area contributed by atoms with Crippen LogP contribution in [0.3, 0.4) is 0 Å². The molecule has 0 fully saturated rings. The molecule has 8 nitrogen and oxygen atoms in total. The van der Waals surface area contributed by atoms with Gasteiger partial charge in [-0.25, -0.2) is 23.7 Å². The number of halogens is 2. The van der Waals surface area contributed by atoms with E-state index in [9.17, 15) is 18.4 Å². The molecule has 170 valence electrons. The van der Waals surface area contributed by atoms with E-state index in [0.29, 0.717) is 33.1 Å². The Morgan fingerprint density at radius 1 is 1.06 bits per heavy atom. The number of fused-ring (bicyclic) bond motifs is 2. The maximum absolute atomic E-state index is 14.8. The molecule has 2 aromatic heterocycles. The largest absolute Gasteiger partial charge is 0.465 e. The minimum absolute atomic E-state index is 0.0363. The van der Waals surface area contributed by atoms with Crippen molar-refractivity contribution >= 4 is 33.8 Å². The van der Waals surface area contributed by atoms with E-state index in [1.807, 2.05) is 0 Å². The molecule has 0 unspecified atom stereocenters. The maximum atomic E-state index is 14.8. The van der Waals surface area contributed by atoms with Gasteiger partial charge in [0.25, 0.3) is 5.56 Å². The Kier molecular flexibility index (Phi) is 5.05. The number of amides is 1. The summed E-state index contributed by atoms with van der Waals surface area (Å²) in [5.74, 6) is -1.36. The summed E-state index contributed by atoms with van der Waals surface area (Å²) < 4.78 is 29.5. The van der Waals surface area contributed by atoms with Gasteiger partial charge in [0.05, 0.1) is 22.1 Å². The van der Waals surface area contributed by atoms with Crippen LogP contribution in [0.25, 0.3) is 32.9 Å². The number of carbonyl (C=O) groups is 1. The molecule has 0 aliphatic rings. The highest BCUT2D eigenvalue weighted by molar-refractivity contribution is 5.89. The Balaban J connectivity index is 1.57. The number of hydrogen-bond donors (Lipinski definition) is 3. The lowest BCUT2D eigenvalue weighted by Gasteiger charge is -2.10. The molecular formula is C24H17F2N5O3. The van der Waals surface area contributed by atoms with Gasteiger partial charge in [0.2, 0.25) is 5.95 Å². The summed E-state index contributed by atoms with van der Waals surface area (Å²) >= 11 is 0. The fourth-order valence-corrected chi connectivity index (χ4v) is 3.85. The summed E-state index contributed by atoms with van der Waals surface area (Å²) in [6.45, 7) is 0. The molecule has 0 aliphatic heterocycles. The molecule has 0 saturated heterocycles. The van der Waals surface area contributed by atoms with Crippen LogP contribution in [0, 0.1) is 11.6 Å². The van der Waals surface area contributed by atoms with Crippen molar-refractivity contribution in [1.82, 2.24) is 20.2 Å². The minimum Gasteiger partial charge on any atom is -0.465 e. The molecule has 3 N–H and O–H groups in total. The average Bonchev–Trinajstić information content (AvgIpc) is 3.25. The summed E-state index contributed by atoms with van der Waals surface area (Å²) in [5, 5.41) is 16.7. The number of H-pyrrole nitrogens is 2. The van der Waals surface area contributed by atoms with Crippen molar-refractivity contribution in [2.45, 2.75) is 6.42 Å². The maximum Gasteiger partial charge on any atom is 0.413 e. The van der Waals surface area contributed by atoms with Crippen LogP contribution in [0.1, 0.15) is 11.3 Å². The predicted octanol–water partition coefficient (Wildman–Crippen LogP) is 4.45. The second-order valence-electron chi connectivity index (χ2n) is 7.78. The Morgan fingerprint density at radius 3 is 2.59 bits per heavy atom. The van der Waals surface area contributed by atoms with Crippen LogP contribution in [0.5, 0.6) is 0 Å². The second kappa shape index (κ2) is 8.07. The molecule has 0 spiro atoms. The highest BCUT2D eigenvalue weighted by Crippen LogP contribution is 2.30. The first-order chi connectivity index (χ1) is 16.3. The molecular weight excluding hydrogens is 444 g/mol. The van der Waals surface area contributed by atoms with Crippen LogP contribution in [0.15, 0.2) is 59.4 Å². The molecule has 2 heterocycles. The number of benzene rings is 3. The number of nitrogens with zero attached hydrogens (tertiary/aromatic N) is 3. The molecule has 10 heteroatoms. The van der Waals surface area contributed by atoms with Crippen molar-refractivity contribution in [3.63, 3.8) is 0 Å².